The van der Waals surface area contributed by atoms with Crippen molar-refractivity contribution < 1.29 is 24.1 Å². The summed E-state index contributed by atoms with van der Waals surface area (Å²) in [4.78, 5) is 19.6. The molecule has 1 aromatic carbocycles. The average molecular weight is 448 g/mol. The Morgan fingerprint density at radius 1 is 1.27 bits per heavy atom. The van der Waals surface area contributed by atoms with Gasteiger partial charge < -0.3 is 24.6 Å². The second-order valence-corrected chi connectivity index (χ2v) is 8.56. The number of halogens is 1. The van der Waals surface area contributed by atoms with Crippen molar-refractivity contribution >= 4 is 50.6 Å². The van der Waals surface area contributed by atoms with Gasteiger partial charge in [-0.25, -0.2) is 9.97 Å². The molecule has 2 aromatic heterocycles. The SMILES string of the molecule is O=C(O)C[C@H]1CO[C@@H]2[C@@H]1OC[C@@H]2Oc1ccc(Nc2ncnc3ccsc23)cc1Cl. The molecule has 3 aromatic rings. The van der Waals surface area contributed by atoms with E-state index >= 15 is 0 Å². The van der Waals surface area contributed by atoms with Crippen LogP contribution in [0.15, 0.2) is 36.0 Å². The topological polar surface area (TPSA) is 103 Å². The van der Waals surface area contributed by atoms with E-state index < -0.39 is 5.97 Å². The molecule has 0 saturated carbocycles. The Morgan fingerprint density at radius 3 is 2.97 bits per heavy atom. The molecule has 0 amide bonds. The third-order valence-corrected chi connectivity index (χ3v) is 6.47. The number of anilines is 2. The van der Waals surface area contributed by atoms with Gasteiger partial charge in [-0.15, -0.1) is 11.3 Å². The van der Waals surface area contributed by atoms with Gasteiger partial charge in [0.15, 0.2) is 11.9 Å². The number of carboxylic acid groups (broad SMARTS) is 1. The maximum Gasteiger partial charge on any atom is 0.303 e. The smallest absolute Gasteiger partial charge is 0.303 e. The number of carbonyl (C=O) groups is 1. The molecule has 2 fully saturated rings. The van der Waals surface area contributed by atoms with Gasteiger partial charge in [0, 0.05) is 11.6 Å². The highest BCUT2D eigenvalue weighted by Gasteiger charge is 2.49. The molecular formula is C20H18ClN3O5S. The summed E-state index contributed by atoms with van der Waals surface area (Å²) in [5.41, 5.74) is 1.66. The summed E-state index contributed by atoms with van der Waals surface area (Å²) in [6, 6.07) is 7.36. The molecule has 2 N–H and O–H groups in total. The zero-order valence-corrected chi connectivity index (χ0v) is 17.2. The normalized spacial score (nSPS) is 25.4. The molecule has 10 heteroatoms. The largest absolute Gasteiger partial charge is 0.484 e. The molecule has 0 aliphatic carbocycles. The van der Waals surface area contributed by atoms with E-state index in [2.05, 4.69) is 15.3 Å². The number of ether oxygens (including phenoxy) is 3. The molecule has 0 bridgehead atoms. The van der Waals surface area contributed by atoms with E-state index in [0.717, 1.165) is 21.7 Å². The van der Waals surface area contributed by atoms with Crippen molar-refractivity contribution in [1.29, 1.82) is 0 Å². The fourth-order valence-corrected chi connectivity index (χ4v) is 4.91. The Hall–Kier alpha value is -2.46. The Morgan fingerprint density at radius 2 is 2.13 bits per heavy atom. The van der Waals surface area contributed by atoms with Crippen molar-refractivity contribution in [2.75, 3.05) is 18.5 Å². The zero-order chi connectivity index (χ0) is 20.7. The van der Waals surface area contributed by atoms with Gasteiger partial charge in [-0.2, -0.15) is 0 Å². The van der Waals surface area contributed by atoms with Crippen molar-refractivity contribution in [2.45, 2.75) is 24.7 Å². The number of rotatable bonds is 6. The van der Waals surface area contributed by atoms with Crippen LogP contribution in [0.4, 0.5) is 11.5 Å². The summed E-state index contributed by atoms with van der Waals surface area (Å²) in [7, 11) is 0. The van der Waals surface area contributed by atoms with Crippen LogP contribution in [0.25, 0.3) is 10.2 Å². The first kappa shape index (κ1) is 19.5. The number of fused-ring (bicyclic) bond motifs is 2. The molecule has 2 aliphatic heterocycles. The predicted octanol–water partition coefficient (Wildman–Crippen LogP) is 3.72. The molecule has 0 unspecified atom stereocenters. The number of hydrogen-bond donors (Lipinski definition) is 2. The molecule has 8 nitrogen and oxygen atoms in total. The lowest BCUT2D eigenvalue weighted by Gasteiger charge is -2.19. The minimum Gasteiger partial charge on any atom is -0.484 e. The minimum atomic E-state index is -0.855. The first-order valence-electron chi connectivity index (χ1n) is 9.45. The first-order chi connectivity index (χ1) is 14.6. The van der Waals surface area contributed by atoms with Crippen molar-refractivity contribution in [2.24, 2.45) is 5.92 Å². The molecule has 2 saturated heterocycles. The van der Waals surface area contributed by atoms with Crippen molar-refractivity contribution in [3.63, 3.8) is 0 Å². The molecule has 0 radical (unpaired) electrons. The highest BCUT2D eigenvalue weighted by molar-refractivity contribution is 7.17. The van der Waals surface area contributed by atoms with Crippen LogP contribution in [0.3, 0.4) is 0 Å². The fourth-order valence-electron chi connectivity index (χ4n) is 3.90. The van der Waals surface area contributed by atoms with E-state index in [1.807, 2.05) is 17.5 Å². The molecule has 156 valence electrons. The van der Waals surface area contributed by atoms with E-state index in [9.17, 15) is 4.79 Å². The third-order valence-electron chi connectivity index (χ3n) is 5.26. The average Bonchev–Trinajstić information content (AvgIpc) is 3.42. The third kappa shape index (κ3) is 3.69. The molecule has 5 rings (SSSR count). The van der Waals surface area contributed by atoms with Crippen LogP contribution in [0.2, 0.25) is 5.02 Å². The number of aliphatic carboxylic acids is 1. The number of nitrogens with zero attached hydrogens (tertiary/aromatic N) is 2. The van der Waals surface area contributed by atoms with Gasteiger partial charge in [0.1, 0.15) is 18.2 Å². The number of hydrogen-bond acceptors (Lipinski definition) is 8. The van der Waals surface area contributed by atoms with Crippen LogP contribution in [-0.2, 0) is 14.3 Å². The van der Waals surface area contributed by atoms with Gasteiger partial charge in [0.25, 0.3) is 0 Å². The van der Waals surface area contributed by atoms with E-state index in [1.165, 1.54) is 6.33 Å². The van der Waals surface area contributed by atoms with Crippen LogP contribution in [0, 0.1) is 5.92 Å². The van der Waals surface area contributed by atoms with Crippen molar-refractivity contribution in [3.05, 3.63) is 41.0 Å². The van der Waals surface area contributed by atoms with Gasteiger partial charge in [0.2, 0.25) is 0 Å². The second kappa shape index (κ2) is 7.99. The molecule has 2 aliphatic rings. The van der Waals surface area contributed by atoms with Crippen molar-refractivity contribution in [3.8, 4) is 5.75 Å². The first-order valence-corrected chi connectivity index (χ1v) is 10.7. The Balaban J connectivity index is 1.28. The fraction of sp³-hybridized carbons (Fsp3) is 0.350. The summed E-state index contributed by atoms with van der Waals surface area (Å²) < 4.78 is 18.6. The lowest BCUT2D eigenvalue weighted by atomic mass is 9.98. The molecule has 4 heterocycles. The molecule has 4 atom stereocenters. The van der Waals surface area contributed by atoms with E-state index in [0.29, 0.717) is 24.0 Å². The van der Waals surface area contributed by atoms with Gasteiger partial charge in [-0.1, -0.05) is 11.6 Å². The molecular weight excluding hydrogens is 430 g/mol. The Bertz CT molecular complexity index is 1090. The predicted molar refractivity (Wildman–Crippen MR) is 112 cm³/mol. The zero-order valence-electron chi connectivity index (χ0n) is 15.7. The summed E-state index contributed by atoms with van der Waals surface area (Å²) >= 11 is 8.02. The van der Waals surface area contributed by atoms with Crippen molar-refractivity contribution in [1.82, 2.24) is 9.97 Å². The van der Waals surface area contributed by atoms with Crippen LogP contribution in [0.5, 0.6) is 5.75 Å². The number of thiophene rings is 1. The quantitative estimate of drug-likeness (QED) is 0.589. The van der Waals surface area contributed by atoms with Crippen LogP contribution in [-0.4, -0.2) is 52.6 Å². The maximum atomic E-state index is 11.0. The summed E-state index contributed by atoms with van der Waals surface area (Å²) in [6.45, 7) is 0.688. The number of aromatic nitrogens is 2. The highest BCUT2D eigenvalue weighted by atomic mass is 35.5. The standard InChI is InChI=1S/C20H18ClN3O5S/c21-12-6-11(24-20-19-13(3-4-30-19)22-9-23-20)1-2-14(12)29-15-8-28-17-10(5-16(25)26)7-27-18(15)17/h1-4,6,9-10,15,17-18H,5,7-8H2,(H,25,26)(H,22,23,24)/t10-,15-,17+,18-/m0/s1. The number of benzene rings is 1. The lowest BCUT2D eigenvalue weighted by Crippen LogP contribution is -2.33. The number of nitrogens with one attached hydrogen (secondary N) is 1. The summed E-state index contributed by atoms with van der Waals surface area (Å²) in [5.74, 6) is 0.221. The lowest BCUT2D eigenvalue weighted by molar-refractivity contribution is -0.138. The van der Waals surface area contributed by atoms with Crippen LogP contribution in [0.1, 0.15) is 6.42 Å². The Kier molecular flexibility index (Phi) is 5.20. The van der Waals surface area contributed by atoms with E-state index in [-0.39, 0.29) is 30.7 Å². The molecule has 30 heavy (non-hydrogen) atoms. The second-order valence-electron chi connectivity index (χ2n) is 7.24. The van der Waals surface area contributed by atoms with Crippen LogP contribution < -0.4 is 10.1 Å². The molecule has 0 spiro atoms. The number of carboxylic acids is 1. The minimum absolute atomic E-state index is 0.0234. The summed E-state index contributed by atoms with van der Waals surface area (Å²) in [5, 5.41) is 14.7. The maximum absolute atomic E-state index is 11.0. The van der Waals surface area contributed by atoms with Gasteiger partial charge >= 0.3 is 5.97 Å². The van der Waals surface area contributed by atoms with Crippen LogP contribution >= 0.6 is 22.9 Å². The van der Waals surface area contributed by atoms with Gasteiger partial charge in [0.05, 0.1) is 41.0 Å². The summed E-state index contributed by atoms with van der Waals surface area (Å²) in [6.07, 6.45) is 0.646. The van der Waals surface area contributed by atoms with Gasteiger partial charge in [-0.3, -0.25) is 4.79 Å². The monoisotopic (exact) mass is 447 g/mol. The van der Waals surface area contributed by atoms with Gasteiger partial charge in [-0.05, 0) is 29.6 Å². The highest BCUT2D eigenvalue weighted by Crippen LogP contribution is 2.37. The van der Waals surface area contributed by atoms with E-state index in [4.69, 9.17) is 30.9 Å². The van der Waals surface area contributed by atoms with E-state index in [1.54, 1.807) is 23.5 Å². The Labute approximate surface area is 180 Å².